The van der Waals surface area contributed by atoms with Gasteiger partial charge < -0.3 is 5.11 Å². The lowest BCUT2D eigenvalue weighted by molar-refractivity contribution is -0.146. The first-order valence-electron chi connectivity index (χ1n) is 5.58. The van der Waals surface area contributed by atoms with Crippen molar-refractivity contribution in [3.63, 3.8) is 0 Å². The van der Waals surface area contributed by atoms with Crippen LogP contribution in [0.5, 0.6) is 0 Å². The maximum Gasteiger partial charge on any atom is 0.435 e. The summed E-state index contributed by atoms with van der Waals surface area (Å²) in [5, 5.41) is 15.2. The zero-order chi connectivity index (χ0) is 13.5. The number of carboxylic acids is 1. The first kappa shape index (κ1) is 12.8. The van der Waals surface area contributed by atoms with Crippen LogP contribution in [0, 0.1) is 5.92 Å². The molecule has 1 unspecified atom stereocenters. The second-order valence-electron chi connectivity index (χ2n) is 4.47. The molecule has 100 valence electrons. The van der Waals surface area contributed by atoms with E-state index in [2.05, 4.69) is 10.3 Å². The standard InChI is InChI=1S/C10H12F3N3O2/c1-5(6-3-2-4-6)16-8(10(11,12)13)7(9(17)18)14-15-16/h5-6H,2-4H2,1H3,(H,17,18). The molecule has 1 aliphatic carbocycles. The molecule has 0 radical (unpaired) electrons. The number of nitrogens with zero attached hydrogens (tertiary/aromatic N) is 3. The summed E-state index contributed by atoms with van der Waals surface area (Å²) in [4.78, 5) is 10.7. The number of carboxylic acid groups (broad SMARTS) is 1. The van der Waals surface area contributed by atoms with Crippen LogP contribution in [0.15, 0.2) is 0 Å². The molecule has 8 heteroatoms. The molecule has 0 aliphatic heterocycles. The minimum absolute atomic E-state index is 0.106. The first-order valence-corrected chi connectivity index (χ1v) is 5.58. The van der Waals surface area contributed by atoms with Crippen molar-refractivity contribution in [3.8, 4) is 0 Å². The fraction of sp³-hybridized carbons (Fsp3) is 0.700. The van der Waals surface area contributed by atoms with Gasteiger partial charge in [-0.1, -0.05) is 11.6 Å². The third-order valence-electron chi connectivity index (χ3n) is 3.38. The highest BCUT2D eigenvalue weighted by Crippen LogP contribution is 2.39. The van der Waals surface area contributed by atoms with Gasteiger partial charge in [-0.15, -0.1) is 5.10 Å². The Balaban J connectivity index is 2.44. The number of rotatable bonds is 3. The number of hydrogen-bond acceptors (Lipinski definition) is 3. The number of carbonyl (C=O) groups is 1. The molecule has 0 aromatic carbocycles. The minimum Gasteiger partial charge on any atom is -0.476 e. The van der Waals surface area contributed by atoms with Crippen molar-refractivity contribution in [1.82, 2.24) is 15.0 Å². The van der Waals surface area contributed by atoms with E-state index in [0.29, 0.717) is 4.68 Å². The zero-order valence-corrected chi connectivity index (χ0v) is 9.61. The van der Waals surface area contributed by atoms with Crippen molar-refractivity contribution < 1.29 is 23.1 Å². The van der Waals surface area contributed by atoms with Gasteiger partial charge in [0.15, 0.2) is 5.69 Å². The lowest BCUT2D eigenvalue weighted by Crippen LogP contribution is -2.28. The van der Waals surface area contributed by atoms with E-state index in [9.17, 15) is 18.0 Å². The topological polar surface area (TPSA) is 68.0 Å². The molecule has 1 N–H and O–H groups in total. The van der Waals surface area contributed by atoms with Gasteiger partial charge in [0.25, 0.3) is 0 Å². The SMILES string of the molecule is CC(C1CCC1)n1nnc(C(=O)O)c1C(F)(F)F. The highest BCUT2D eigenvalue weighted by Gasteiger charge is 2.43. The van der Waals surface area contributed by atoms with E-state index >= 15 is 0 Å². The molecular weight excluding hydrogens is 251 g/mol. The molecule has 18 heavy (non-hydrogen) atoms. The van der Waals surface area contributed by atoms with Gasteiger partial charge >= 0.3 is 12.1 Å². The molecular formula is C10H12F3N3O2. The van der Waals surface area contributed by atoms with Crippen LogP contribution in [0.2, 0.25) is 0 Å². The summed E-state index contributed by atoms with van der Waals surface area (Å²) in [6.07, 6.45) is -2.12. The smallest absolute Gasteiger partial charge is 0.435 e. The molecule has 1 atom stereocenters. The Morgan fingerprint density at radius 2 is 2.11 bits per heavy atom. The van der Waals surface area contributed by atoms with Crippen LogP contribution >= 0.6 is 0 Å². The van der Waals surface area contributed by atoms with Gasteiger partial charge in [0.1, 0.15) is 0 Å². The molecule has 1 aromatic heterocycles. The molecule has 1 fully saturated rings. The molecule has 1 aromatic rings. The molecule has 0 amide bonds. The maximum absolute atomic E-state index is 12.9. The lowest BCUT2D eigenvalue weighted by Gasteiger charge is -2.32. The van der Waals surface area contributed by atoms with Crippen molar-refractivity contribution in [2.24, 2.45) is 5.92 Å². The van der Waals surface area contributed by atoms with Crippen molar-refractivity contribution in [3.05, 3.63) is 11.4 Å². The number of aromatic nitrogens is 3. The van der Waals surface area contributed by atoms with Gasteiger partial charge in [-0.05, 0) is 25.7 Å². The second kappa shape index (κ2) is 4.25. The van der Waals surface area contributed by atoms with E-state index in [4.69, 9.17) is 5.11 Å². The predicted molar refractivity (Wildman–Crippen MR) is 54.0 cm³/mol. The van der Waals surface area contributed by atoms with Crippen LogP contribution < -0.4 is 0 Å². The Hall–Kier alpha value is -1.60. The van der Waals surface area contributed by atoms with Crippen LogP contribution in [-0.4, -0.2) is 26.1 Å². The molecule has 1 heterocycles. The Labute approximate surface area is 101 Å². The minimum atomic E-state index is -4.77. The average Bonchev–Trinajstić information content (AvgIpc) is 2.57. The molecule has 5 nitrogen and oxygen atoms in total. The summed E-state index contributed by atoms with van der Waals surface area (Å²) >= 11 is 0. The van der Waals surface area contributed by atoms with Crippen molar-refractivity contribution in [2.75, 3.05) is 0 Å². The van der Waals surface area contributed by atoms with Gasteiger partial charge in [0.2, 0.25) is 5.69 Å². The number of halogens is 3. The van der Waals surface area contributed by atoms with Crippen molar-refractivity contribution in [2.45, 2.75) is 38.4 Å². The number of hydrogen-bond donors (Lipinski definition) is 1. The van der Waals surface area contributed by atoms with Crippen LogP contribution in [-0.2, 0) is 6.18 Å². The molecule has 0 bridgehead atoms. The van der Waals surface area contributed by atoms with Gasteiger partial charge in [-0.25, -0.2) is 9.48 Å². The summed E-state index contributed by atoms with van der Waals surface area (Å²) in [5.41, 5.74) is -2.30. The van der Waals surface area contributed by atoms with Crippen molar-refractivity contribution >= 4 is 5.97 Å². The normalized spacial score (nSPS) is 18.4. The quantitative estimate of drug-likeness (QED) is 0.908. The Morgan fingerprint density at radius 1 is 1.50 bits per heavy atom. The van der Waals surface area contributed by atoms with E-state index in [0.717, 1.165) is 19.3 Å². The predicted octanol–water partition coefficient (Wildman–Crippen LogP) is 2.36. The zero-order valence-electron chi connectivity index (χ0n) is 9.61. The summed E-state index contributed by atoms with van der Waals surface area (Å²) in [6, 6.07) is -0.490. The molecule has 2 rings (SSSR count). The lowest BCUT2D eigenvalue weighted by atomic mass is 9.80. The van der Waals surface area contributed by atoms with E-state index < -0.39 is 29.6 Å². The van der Waals surface area contributed by atoms with Gasteiger partial charge in [-0.2, -0.15) is 13.2 Å². The molecule has 0 spiro atoms. The van der Waals surface area contributed by atoms with Crippen LogP contribution in [0.1, 0.15) is 48.4 Å². The third kappa shape index (κ3) is 2.06. The van der Waals surface area contributed by atoms with Crippen molar-refractivity contribution in [1.29, 1.82) is 0 Å². The fourth-order valence-electron chi connectivity index (χ4n) is 2.11. The van der Waals surface area contributed by atoms with E-state index in [-0.39, 0.29) is 5.92 Å². The van der Waals surface area contributed by atoms with Crippen LogP contribution in [0.3, 0.4) is 0 Å². The summed E-state index contributed by atoms with van der Waals surface area (Å²) in [5.74, 6) is -1.61. The highest BCUT2D eigenvalue weighted by molar-refractivity contribution is 5.86. The van der Waals surface area contributed by atoms with Crippen LogP contribution in [0.25, 0.3) is 0 Å². The van der Waals surface area contributed by atoms with E-state index in [1.165, 1.54) is 0 Å². The first-order chi connectivity index (χ1) is 8.32. The Kier molecular flexibility index (Phi) is 3.04. The van der Waals surface area contributed by atoms with E-state index in [1.807, 2.05) is 0 Å². The van der Waals surface area contributed by atoms with Gasteiger partial charge in [0, 0.05) is 0 Å². The maximum atomic E-state index is 12.9. The molecule has 1 saturated carbocycles. The fourth-order valence-corrected chi connectivity index (χ4v) is 2.11. The average molecular weight is 263 g/mol. The van der Waals surface area contributed by atoms with E-state index in [1.54, 1.807) is 6.92 Å². The highest BCUT2D eigenvalue weighted by atomic mass is 19.4. The summed E-state index contributed by atoms with van der Waals surface area (Å²) in [6.45, 7) is 1.61. The largest absolute Gasteiger partial charge is 0.476 e. The second-order valence-corrected chi connectivity index (χ2v) is 4.47. The molecule has 1 aliphatic rings. The summed E-state index contributed by atoms with van der Waals surface area (Å²) < 4.78 is 39.4. The van der Waals surface area contributed by atoms with Crippen LogP contribution in [0.4, 0.5) is 13.2 Å². The Bertz CT molecular complexity index is 465. The van der Waals surface area contributed by atoms with Gasteiger partial charge in [0.05, 0.1) is 6.04 Å². The Morgan fingerprint density at radius 3 is 2.50 bits per heavy atom. The third-order valence-corrected chi connectivity index (χ3v) is 3.38. The molecule has 0 saturated heterocycles. The summed E-state index contributed by atoms with van der Waals surface area (Å²) in [7, 11) is 0. The monoisotopic (exact) mass is 263 g/mol. The van der Waals surface area contributed by atoms with Gasteiger partial charge in [-0.3, -0.25) is 0 Å². The number of alkyl halides is 3. The number of aromatic carboxylic acids is 1.